The smallest absolute Gasteiger partial charge is 0.338 e. The van der Waals surface area contributed by atoms with Gasteiger partial charge in [-0.25, -0.2) is 19.3 Å². The van der Waals surface area contributed by atoms with Gasteiger partial charge < -0.3 is 10.1 Å². The van der Waals surface area contributed by atoms with Crippen LogP contribution >= 0.6 is 0 Å². The molecule has 1 saturated carbocycles. The van der Waals surface area contributed by atoms with Gasteiger partial charge >= 0.3 is 12.0 Å². The standard InChI is InChI=1S/C18H21N5O4/c1-12(16(24)22-18(26)21-14-4-2-3-5-14)27-17(25)13-6-8-15(9-7-13)23-11-19-10-20-23/h6-12,14H,2-5H2,1H3,(H2,21,22,24,26). The molecule has 0 saturated heterocycles. The molecule has 1 fully saturated rings. The number of hydrogen-bond acceptors (Lipinski definition) is 6. The van der Waals surface area contributed by atoms with E-state index in [0.29, 0.717) is 0 Å². The van der Waals surface area contributed by atoms with E-state index in [1.165, 1.54) is 19.6 Å². The average molecular weight is 371 g/mol. The largest absolute Gasteiger partial charge is 0.449 e. The van der Waals surface area contributed by atoms with Crippen LogP contribution in [0.2, 0.25) is 0 Å². The minimum absolute atomic E-state index is 0.0964. The summed E-state index contributed by atoms with van der Waals surface area (Å²) in [4.78, 5) is 39.9. The first-order valence-corrected chi connectivity index (χ1v) is 8.80. The van der Waals surface area contributed by atoms with Gasteiger partial charge in [-0.05, 0) is 44.0 Å². The third kappa shape index (κ3) is 4.90. The summed E-state index contributed by atoms with van der Waals surface area (Å²) in [5, 5.41) is 8.95. The molecule has 1 aliphatic rings. The minimum Gasteiger partial charge on any atom is -0.449 e. The molecular formula is C18H21N5O4. The first kappa shape index (κ1) is 18.6. The number of carbonyl (C=O) groups is 3. The summed E-state index contributed by atoms with van der Waals surface area (Å²) in [7, 11) is 0. The first-order valence-electron chi connectivity index (χ1n) is 8.80. The Morgan fingerprint density at radius 1 is 1.19 bits per heavy atom. The van der Waals surface area contributed by atoms with Crippen LogP contribution in [0.4, 0.5) is 4.79 Å². The van der Waals surface area contributed by atoms with E-state index in [0.717, 1.165) is 31.4 Å². The lowest BCUT2D eigenvalue weighted by Crippen LogP contribution is -2.47. The maximum atomic E-state index is 12.2. The molecule has 3 rings (SSSR count). The minimum atomic E-state index is -1.10. The molecule has 9 nitrogen and oxygen atoms in total. The molecular weight excluding hydrogens is 350 g/mol. The van der Waals surface area contributed by atoms with Gasteiger partial charge in [0.05, 0.1) is 11.3 Å². The van der Waals surface area contributed by atoms with E-state index in [9.17, 15) is 14.4 Å². The Hall–Kier alpha value is -3.23. The van der Waals surface area contributed by atoms with Crippen LogP contribution in [0, 0.1) is 0 Å². The summed E-state index contributed by atoms with van der Waals surface area (Å²) >= 11 is 0. The molecule has 1 atom stereocenters. The van der Waals surface area contributed by atoms with Crippen molar-refractivity contribution in [1.29, 1.82) is 0 Å². The van der Waals surface area contributed by atoms with Crippen LogP contribution in [0.3, 0.4) is 0 Å². The second-order valence-corrected chi connectivity index (χ2v) is 6.38. The van der Waals surface area contributed by atoms with E-state index in [2.05, 4.69) is 20.7 Å². The topological polar surface area (TPSA) is 115 Å². The Morgan fingerprint density at radius 2 is 1.89 bits per heavy atom. The van der Waals surface area contributed by atoms with Crippen LogP contribution < -0.4 is 10.6 Å². The van der Waals surface area contributed by atoms with Gasteiger partial charge in [0, 0.05) is 6.04 Å². The number of carbonyl (C=O) groups excluding carboxylic acids is 3. The molecule has 1 aromatic carbocycles. The van der Waals surface area contributed by atoms with Crippen molar-refractivity contribution in [2.75, 3.05) is 0 Å². The molecule has 142 valence electrons. The third-order valence-corrected chi connectivity index (χ3v) is 4.37. The Kier molecular flexibility index (Phi) is 5.80. The molecule has 0 aliphatic heterocycles. The molecule has 1 aromatic heterocycles. The number of aromatic nitrogens is 3. The molecule has 1 heterocycles. The van der Waals surface area contributed by atoms with Crippen LogP contribution in [-0.4, -0.2) is 44.8 Å². The highest BCUT2D eigenvalue weighted by Gasteiger charge is 2.23. The van der Waals surface area contributed by atoms with Crippen molar-refractivity contribution >= 4 is 17.9 Å². The molecule has 9 heteroatoms. The number of hydrogen-bond donors (Lipinski definition) is 2. The van der Waals surface area contributed by atoms with Crippen LogP contribution in [0.15, 0.2) is 36.9 Å². The first-order chi connectivity index (χ1) is 13.0. The zero-order valence-corrected chi connectivity index (χ0v) is 14.9. The Labute approximate surface area is 156 Å². The normalized spacial score (nSPS) is 15.1. The molecule has 27 heavy (non-hydrogen) atoms. The Morgan fingerprint density at radius 3 is 2.52 bits per heavy atom. The highest BCUT2D eigenvalue weighted by Crippen LogP contribution is 2.17. The molecule has 3 amide bonds. The highest BCUT2D eigenvalue weighted by atomic mass is 16.5. The van der Waals surface area contributed by atoms with Crippen LogP contribution in [-0.2, 0) is 9.53 Å². The second-order valence-electron chi connectivity index (χ2n) is 6.38. The summed E-state index contributed by atoms with van der Waals surface area (Å²) in [5.74, 6) is -1.32. The lowest BCUT2D eigenvalue weighted by molar-refractivity contribution is -0.127. The van der Waals surface area contributed by atoms with Crippen molar-refractivity contribution in [3.63, 3.8) is 0 Å². The number of imide groups is 1. The summed E-state index contributed by atoms with van der Waals surface area (Å²) in [6.07, 6.45) is 5.82. The summed E-state index contributed by atoms with van der Waals surface area (Å²) in [6, 6.07) is 6.04. The van der Waals surface area contributed by atoms with Gasteiger partial charge in [-0.2, -0.15) is 5.10 Å². The monoisotopic (exact) mass is 371 g/mol. The fourth-order valence-corrected chi connectivity index (χ4v) is 2.88. The summed E-state index contributed by atoms with van der Waals surface area (Å²) < 4.78 is 6.68. The van der Waals surface area contributed by atoms with Gasteiger partial charge in [0.2, 0.25) is 0 Å². The van der Waals surface area contributed by atoms with E-state index in [-0.39, 0.29) is 11.6 Å². The Bertz CT molecular complexity index is 798. The number of ether oxygens (including phenoxy) is 1. The predicted octanol–water partition coefficient (Wildman–Crippen LogP) is 1.58. The van der Waals surface area contributed by atoms with Crippen molar-refractivity contribution in [3.8, 4) is 5.69 Å². The van der Waals surface area contributed by atoms with E-state index in [1.54, 1.807) is 28.9 Å². The van der Waals surface area contributed by atoms with E-state index >= 15 is 0 Å². The summed E-state index contributed by atoms with van der Waals surface area (Å²) in [5.41, 5.74) is 1.02. The number of benzene rings is 1. The molecule has 1 aliphatic carbocycles. The van der Waals surface area contributed by atoms with Crippen LogP contribution in [0.1, 0.15) is 43.0 Å². The molecule has 0 bridgehead atoms. The van der Waals surface area contributed by atoms with Crippen molar-refractivity contribution in [3.05, 3.63) is 42.5 Å². The van der Waals surface area contributed by atoms with Crippen LogP contribution in [0.25, 0.3) is 5.69 Å². The van der Waals surface area contributed by atoms with E-state index in [1.807, 2.05) is 0 Å². The number of urea groups is 1. The van der Waals surface area contributed by atoms with E-state index < -0.39 is 24.0 Å². The zero-order valence-electron chi connectivity index (χ0n) is 14.9. The number of nitrogens with zero attached hydrogens (tertiary/aromatic N) is 3. The van der Waals surface area contributed by atoms with Gasteiger partial charge in [0.15, 0.2) is 6.10 Å². The lowest BCUT2D eigenvalue weighted by Gasteiger charge is -2.15. The number of esters is 1. The van der Waals surface area contributed by atoms with Crippen molar-refractivity contribution < 1.29 is 19.1 Å². The SMILES string of the molecule is CC(OC(=O)c1ccc(-n2cncn2)cc1)C(=O)NC(=O)NC1CCCC1. The number of amides is 3. The van der Waals surface area contributed by atoms with Crippen molar-refractivity contribution in [2.45, 2.75) is 44.8 Å². The van der Waals surface area contributed by atoms with Gasteiger partial charge in [-0.1, -0.05) is 12.8 Å². The maximum Gasteiger partial charge on any atom is 0.338 e. The predicted molar refractivity (Wildman–Crippen MR) is 95.2 cm³/mol. The molecule has 0 radical (unpaired) electrons. The molecule has 2 aromatic rings. The lowest BCUT2D eigenvalue weighted by atomic mass is 10.2. The molecule has 0 spiro atoms. The molecule has 2 N–H and O–H groups in total. The highest BCUT2D eigenvalue weighted by molar-refractivity contribution is 5.98. The van der Waals surface area contributed by atoms with Gasteiger partial charge in [0.1, 0.15) is 12.7 Å². The zero-order chi connectivity index (χ0) is 19.2. The van der Waals surface area contributed by atoms with Gasteiger partial charge in [-0.15, -0.1) is 0 Å². The quantitative estimate of drug-likeness (QED) is 0.771. The van der Waals surface area contributed by atoms with Crippen molar-refractivity contribution in [1.82, 2.24) is 25.4 Å². The van der Waals surface area contributed by atoms with E-state index in [4.69, 9.17) is 4.74 Å². The number of rotatable bonds is 5. The third-order valence-electron chi connectivity index (χ3n) is 4.37. The molecule has 1 unspecified atom stereocenters. The summed E-state index contributed by atoms with van der Waals surface area (Å²) in [6.45, 7) is 1.42. The fraction of sp³-hybridized carbons (Fsp3) is 0.389. The average Bonchev–Trinajstić information content (AvgIpc) is 3.35. The van der Waals surface area contributed by atoms with Crippen molar-refractivity contribution in [2.24, 2.45) is 0 Å². The number of nitrogens with one attached hydrogen (secondary N) is 2. The van der Waals surface area contributed by atoms with Gasteiger partial charge in [0.25, 0.3) is 5.91 Å². The second kappa shape index (κ2) is 8.43. The van der Waals surface area contributed by atoms with Gasteiger partial charge in [-0.3, -0.25) is 10.1 Å². The maximum absolute atomic E-state index is 12.2. The fourth-order valence-electron chi connectivity index (χ4n) is 2.88. The Balaban J connectivity index is 1.50. The van der Waals surface area contributed by atoms with Crippen LogP contribution in [0.5, 0.6) is 0 Å².